The van der Waals surface area contributed by atoms with Crippen LogP contribution in [-0.4, -0.2) is 39.1 Å². The third-order valence-corrected chi connectivity index (χ3v) is 4.50. The first-order valence-electron chi connectivity index (χ1n) is 8.75. The normalized spacial score (nSPS) is 15.4. The molecule has 0 radical (unpaired) electrons. The summed E-state index contributed by atoms with van der Waals surface area (Å²) in [7, 11) is 0. The maximum Gasteiger partial charge on any atom is 0.247 e. The molecule has 0 spiro atoms. The number of amides is 2. The fraction of sp³-hybridized carbons (Fsp3) is 0.421. The molecule has 25 heavy (non-hydrogen) atoms. The second kappa shape index (κ2) is 7.51. The summed E-state index contributed by atoms with van der Waals surface area (Å²) in [5.41, 5.74) is 2.99. The zero-order valence-corrected chi connectivity index (χ0v) is 14.7. The van der Waals surface area contributed by atoms with Crippen molar-refractivity contribution in [3.8, 4) is 0 Å². The van der Waals surface area contributed by atoms with E-state index in [9.17, 15) is 9.59 Å². The first-order chi connectivity index (χ1) is 12.1. The van der Waals surface area contributed by atoms with E-state index in [0.29, 0.717) is 25.9 Å². The number of carbonyl (C=O) groups is 2. The molecule has 132 valence electrons. The summed E-state index contributed by atoms with van der Waals surface area (Å²) in [5, 5.41) is 7.21. The van der Waals surface area contributed by atoms with E-state index in [1.54, 1.807) is 4.90 Å². The summed E-state index contributed by atoms with van der Waals surface area (Å²) in [4.78, 5) is 26.1. The standard InChI is InChI=1S/C19H24N4O2/c1-3-17(23-10-4-5-18(23)24)19(25)21-16-8-6-15(7-9-16)13-22-12-14(2)11-20-22/h6-9,11-12,17H,3-5,10,13H2,1-2H3,(H,21,25)/t17-/m1/s1. The number of aromatic nitrogens is 2. The van der Waals surface area contributed by atoms with Crippen molar-refractivity contribution < 1.29 is 9.59 Å². The molecule has 1 aromatic heterocycles. The van der Waals surface area contributed by atoms with Crippen molar-refractivity contribution in [1.82, 2.24) is 14.7 Å². The second-order valence-corrected chi connectivity index (χ2v) is 6.52. The molecule has 1 atom stereocenters. The molecule has 1 N–H and O–H groups in total. The van der Waals surface area contributed by atoms with Crippen molar-refractivity contribution >= 4 is 17.5 Å². The molecule has 2 amide bonds. The van der Waals surface area contributed by atoms with Gasteiger partial charge in [0.05, 0.1) is 12.7 Å². The van der Waals surface area contributed by atoms with E-state index in [1.165, 1.54) is 0 Å². The van der Waals surface area contributed by atoms with Gasteiger partial charge in [-0.15, -0.1) is 0 Å². The lowest BCUT2D eigenvalue weighted by atomic mass is 10.1. The number of benzene rings is 1. The molecule has 1 fully saturated rings. The molecular weight excluding hydrogens is 316 g/mol. The van der Waals surface area contributed by atoms with Crippen LogP contribution < -0.4 is 5.32 Å². The molecule has 0 bridgehead atoms. The van der Waals surface area contributed by atoms with Crippen LogP contribution in [0.2, 0.25) is 0 Å². The molecule has 2 heterocycles. The molecule has 0 saturated carbocycles. The quantitative estimate of drug-likeness (QED) is 0.879. The molecule has 2 aromatic rings. The predicted octanol–water partition coefficient (Wildman–Crippen LogP) is 2.58. The van der Waals surface area contributed by atoms with Crippen LogP contribution in [0.3, 0.4) is 0 Å². The molecular formula is C19H24N4O2. The van der Waals surface area contributed by atoms with E-state index < -0.39 is 0 Å². The average Bonchev–Trinajstić information content (AvgIpc) is 3.19. The number of likely N-dealkylation sites (tertiary alicyclic amines) is 1. The number of hydrogen-bond acceptors (Lipinski definition) is 3. The van der Waals surface area contributed by atoms with E-state index in [-0.39, 0.29) is 17.9 Å². The van der Waals surface area contributed by atoms with Crippen molar-refractivity contribution in [2.24, 2.45) is 0 Å². The van der Waals surface area contributed by atoms with Gasteiger partial charge in [0.2, 0.25) is 11.8 Å². The van der Waals surface area contributed by atoms with Gasteiger partial charge in [-0.1, -0.05) is 19.1 Å². The first kappa shape index (κ1) is 17.2. The number of nitrogens with one attached hydrogen (secondary N) is 1. The van der Waals surface area contributed by atoms with Gasteiger partial charge in [0.1, 0.15) is 6.04 Å². The van der Waals surface area contributed by atoms with Gasteiger partial charge < -0.3 is 10.2 Å². The summed E-state index contributed by atoms with van der Waals surface area (Å²) in [6, 6.07) is 7.36. The zero-order valence-electron chi connectivity index (χ0n) is 14.7. The highest BCUT2D eigenvalue weighted by atomic mass is 16.2. The van der Waals surface area contributed by atoms with Gasteiger partial charge in [0, 0.05) is 24.8 Å². The van der Waals surface area contributed by atoms with Crippen molar-refractivity contribution in [3.05, 3.63) is 47.8 Å². The fourth-order valence-electron chi connectivity index (χ4n) is 3.21. The van der Waals surface area contributed by atoms with E-state index in [2.05, 4.69) is 10.4 Å². The highest BCUT2D eigenvalue weighted by Gasteiger charge is 2.31. The molecule has 1 aromatic carbocycles. The van der Waals surface area contributed by atoms with E-state index in [1.807, 2.05) is 55.2 Å². The lowest BCUT2D eigenvalue weighted by Gasteiger charge is -2.25. The first-order valence-corrected chi connectivity index (χ1v) is 8.75. The Bertz CT molecular complexity index is 751. The molecule has 1 aliphatic heterocycles. The van der Waals surface area contributed by atoms with Crippen LogP contribution in [0.15, 0.2) is 36.7 Å². The van der Waals surface area contributed by atoms with Gasteiger partial charge in [-0.05, 0) is 43.0 Å². The highest BCUT2D eigenvalue weighted by Crippen LogP contribution is 2.18. The van der Waals surface area contributed by atoms with Crippen LogP contribution in [0.5, 0.6) is 0 Å². The van der Waals surface area contributed by atoms with E-state index in [0.717, 1.165) is 23.2 Å². The second-order valence-electron chi connectivity index (χ2n) is 6.52. The number of anilines is 1. The van der Waals surface area contributed by atoms with Crippen molar-refractivity contribution in [2.45, 2.75) is 45.7 Å². The Kier molecular flexibility index (Phi) is 5.16. The van der Waals surface area contributed by atoms with E-state index >= 15 is 0 Å². The summed E-state index contributed by atoms with van der Waals surface area (Å²) in [5.74, 6) is -0.0416. The lowest BCUT2D eigenvalue weighted by molar-refractivity contribution is -0.135. The summed E-state index contributed by atoms with van der Waals surface area (Å²) in [6.45, 7) is 5.32. The van der Waals surface area contributed by atoms with Gasteiger partial charge in [0.15, 0.2) is 0 Å². The Balaban J connectivity index is 1.62. The minimum atomic E-state index is -0.387. The topological polar surface area (TPSA) is 67.2 Å². The Morgan fingerprint density at radius 3 is 2.64 bits per heavy atom. The van der Waals surface area contributed by atoms with Gasteiger partial charge >= 0.3 is 0 Å². The third-order valence-electron chi connectivity index (χ3n) is 4.50. The maximum absolute atomic E-state index is 12.5. The van der Waals surface area contributed by atoms with Gasteiger partial charge in [-0.3, -0.25) is 14.3 Å². The number of aryl methyl sites for hydroxylation is 1. The van der Waals surface area contributed by atoms with Crippen LogP contribution in [0.1, 0.15) is 37.3 Å². The van der Waals surface area contributed by atoms with Crippen LogP contribution in [-0.2, 0) is 16.1 Å². The Morgan fingerprint density at radius 2 is 2.08 bits per heavy atom. The molecule has 1 saturated heterocycles. The Hall–Kier alpha value is -2.63. The smallest absolute Gasteiger partial charge is 0.247 e. The van der Waals surface area contributed by atoms with Crippen molar-refractivity contribution in [1.29, 1.82) is 0 Å². The van der Waals surface area contributed by atoms with Gasteiger partial charge in [-0.25, -0.2) is 0 Å². The maximum atomic E-state index is 12.5. The van der Waals surface area contributed by atoms with Crippen LogP contribution in [0, 0.1) is 6.92 Å². The number of nitrogens with zero attached hydrogens (tertiary/aromatic N) is 3. The minimum Gasteiger partial charge on any atom is -0.331 e. The minimum absolute atomic E-state index is 0.0758. The number of carbonyl (C=O) groups excluding carboxylic acids is 2. The van der Waals surface area contributed by atoms with Crippen LogP contribution in [0.4, 0.5) is 5.69 Å². The monoisotopic (exact) mass is 340 g/mol. The number of rotatable bonds is 6. The molecule has 6 heteroatoms. The lowest BCUT2D eigenvalue weighted by Crippen LogP contribution is -2.44. The molecule has 6 nitrogen and oxygen atoms in total. The van der Waals surface area contributed by atoms with Crippen molar-refractivity contribution in [3.63, 3.8) is 0 Å². The van der Waals surface area contributed by atoms with Gasteiger partial charge in [0.25, 0.3) is 0 Å². The fourth-order valence-corrected chi connectivity index (χ4v) is 3.21. The van der Waals surface area contributed by atoms with Crippen LogP contribution >= 0.6 is 0 Å². The Labute approximate surface area is 147 Å². The molecule has 0 unspecified atom stereocenters. The molecule has 3 rings (SSSR count). The summed E-state index contributed by atoms with van der Waals surface area (Å²) < 4.78 is 1.88. The Morgan fingerprint density at radius 1 is 1.32 bits per heavy atom. The SMILES string of the molecule is CC[C@H](C(=O)Nc1ccc(Cn2cc(C)cn2)cc1)N1CCCC1=O. The van der Waals surface area contributed by atoms with Gasteiger partial charge in [-0.2, -0.15) is 5.10 Å². The van der Waals surface area contributed by atoms with Crippen molar-refractivity contribution in [2.75, 3.05) is 11.9 Å². The highest BCUT2D eigenvalue weighted by molar-refractivity contribution is 5.97. The van der Waals surface area contributed by atoms with Crippen LogP contribution in [0.25, 0.3) is 0 Å². The molecule has 1 aliphatic rings. The average molecular weight is 340 g/mol. The van der Waals surface area contributed by atoms with E-state index in [4.69, 9.17) is 0 Å². The third kappa shape index (κ3) is 4.07. The summed E-state index contributed by atoms with van der Waals surface area (Å²) >= 11 is 0. The number of hydrogen-bond donors (Lipinski definition) is 1. The zero-order chi connectivity index (χ0) is 17.8. The summed E-state index contributed by atoms with van der Waals surface area (Å²) in [6.07, 6.45) is 5.83. The largest absolute Gasteiger partial charge is 0.331 e. The predicted molar refractivity (Wildman–Crippen MR) is 96.2 cm³/mol. The molecule has 0 aliphatic carbocycles.